The van der Waals surface area contributed by atoms with Gasteiger partial charge in [0.1, 0.15) is 11.9 Å². The van der Waals surface area contributed by atoms with E-state index in [0.29, 0.717) is 0 Å². The molecule has 0 amide bonds. The minimum Gasteiger partial charge on any atom is -0.497 e. The van der Waals surface area contributed by atoms with Crippen LogP contribution in [0.2, 0.25) is 0 Å². The number of fused-ring (bicyclic) bond motifs is 3. The monoisotopic (exact) mass is 274 g/mol. The van der Waals surface area contributed by atoms with E-state index >= 15 is 0 Å². The van der Waals surface area contributed by atoms with Crippen molar-refractivity contribution >= 4 is 5.69 Å². The lowest BCUT2D eigenvalue weighted by Crippen LogP contribution is -2.26. The first-order chi connectivity index (χ1) is 9.71. The van der Waals surface area contributed by atoms with E-state index in [9.17, 15) is 0 Å². The van der Waals surface area contributed by atoms with Crippen molar-refractivity contribution < 1.29 is 18.9 Å². The Balaban J connectivity index is 1.51. The molecule has 6 heteroatoms. The summed E-state index contributed by atoms with van der Waals surface area (Å²) in [6, 6.07) is 7.37. The third-order valence-corrected chi connectivity index (χ3v) is 3.86. The van der Waals surface area contributed by atoms with Crippen molar-refractivity contribution in [2.75, 3.05) is 14.2 Å². The molecule has 4 unspecified atom stereocenters. The summed E-state index contributed by atoms with van der Waals surface area (Å²) in [4.78, 5) is 0. The van der Waals surface area contributed by atoms with Crippen molar-refractivity contribution in [3.8, 4) is 5.75 Å². The topological polar surface area (TPSA) is 68.2 Å². The largest absolute Gasteiger partial charge is 0.497 e. The fourth-order valence-electron chi connectivity index (χ4n) is 2.52. The molecule has 0 spiro atoms. The highest BCUT2D eigenvalue weighted by Crippen LogP contribution is 2.58. The van der Waals surface area contributed by atoms with E-state index < -0.39 is 11.5 Å². The van der Waals surface area contributed by atoms with Crippen molar-refractivity contribution in [1.29, 1.82) is 0 Å². The molecule has 0 bridgehead atoms. The van der Waals surface area contributed by atoms with Gasteiger partial charge >= 0.3 is 0 Å². The Hall–Kier alpha value is -1.76. The average Bonchev–Trinajstić information content (AvgIpc) is 3.37. The van der Waals surface area contributed by atoms with Gasteiger partial charge in [-0.05, 0) is 36.4 Å². The Kier molecular flexibility index (Phi) is 2.33. The molecule has 1 aliphatic carbocycles. The number of hydrogen-bond acceptors (Lipinski definition) is 6. The van der Waals surface area contributed by atoms with Gasteiger partial charge in [-0.1, -0.05) is 0 Å². The third-order valence-electron chi connectivity index (χ3n) is 3.86. The number of methoxy groups -OCH3 is 2. The fourth-order valence-corrected chi connectivity index (χ4v) is 2.52. The van der Waals surface area contributed by atoms with Gasteiger partial charge in [-0.3, -0.25) is 0 Å². The van der Waals surface area contributed by atoms with Crippen LogP contribution in [0, 0.1) is 0 Å². The first-order valence-electron chi connectivity index (χ1n) is 6.39. The van der Waals surface area contributed by atoms with E-state index in [2.05, 4.69) is 10.2 Å². The van der Waals surface area contributed by atoms with Gasteiger partial charge in [0.2, 0.25) is 11.5 Å². The van der Waals surface area contributed by atoms with E-state index in [4.69, 9.17) is 18.9 Å². The highest BCUT2D eigenvalue weighted by Gasteiger charge is 2.76. The Morgan fingerprint density at radius 1 is 1.05 bits per heavy atom. The van der Waals surface area contributed by atoms with Crippen LogP contribution in [-0.2, 0) is 14.2 Å². The second-order valence-electron chi connectivity index (χ2n) is 4.99. The molecule has 1 aromatic rings. The molecule has 3 aliphatic rings. The molecule has 104 valence electrons. The summed E-state index contributed by atoms with van der Waals surface area (Å²) in [5, 5.41) is 8.51. The van der Waals surface area contributed by atoms with Gasteiger partial charge < -0.3 is 18.9 Å². The molecule has 4 atom stereocenters. The van der Waals surface area contributed by atoms with Crippen LogP contribution in [0.15, 0.2) is 46.6 Å². The minimum atomic E-state index is -0.677. The molecule has 0 N–H and O–H groups in total. The maximum atomic E-state index is 5.64. The summed E-state index contributed by atoms with van der Waals surface area (Å²) >= 11 is 0. The number of nitrogens with zero attached hydrogens (tertiary/aromatic N) is 2. The second-order valence-corrected chi connectivity index (χ2v) is 4.99. The standard InChI is InChI=1S/C14H14N2O4/c1-17-10-5-3-9(4-6-10)15-16-13-7-8-14(18-2)12(20-14)11(13)19-13/h3-8,11-12H,1-2H3. The van der Waals surface area contributed by atoms with Crippen LogP contribution >= 0.6 is 0 Å². The van der Waals surface area contributed by atoms with E-state index in [-0.39, 0.29) is 12.2 Å². The first kappa shape index (κ1) is 12.0. The maximum Gasteiger partial charge on any atom is 0.228 e. The molecule has 2 aliphatic heterocycles. The molecule has 0 radical (unpaired) electrons. The molecule has 20 heavy (non-hydrogen) atoms. The van der Waals surface area contributed by atoms with Crippen LogP contribution in [0.4, 0.5) is 5.69 Å². The lowest BCUT2D eigenvalue weighted by Gasteiger charge is -2.09. The summed E-state index contributed by atoms with van der Waals surface area (Å²) in [5.74, 6) is 0.191. The maximum absolute atomic E-state index is 5.64. The number of azo groups is 1. The second kappa shape index (κ2) is 3.88. The van der Waals surface area contributed by atoms with Crippen molar-refractivity contribution in [1.82, 2.24) is 0 Å². The van der Waals surface area contributed by atoms with Gasteiger partial charge in [0.05, 0.1) is 12.8 Å². The molecule has 2 saturated heterocycles. The van der Waals surface area contributed by atoms with Crippen molar-refractivity contribution in [2.24, 2.45) is 10.2 Å². The van der Waals surface area contributed by atoms with Crippen LogP contribution in [0.5, 0.6) is 5.75 Å². The Morgan fingerprint density at radius 2 is 1.85 bits per heavy atom. The minimum absolute atomic E-state index is 0.0766. The summed E-state index contributed by atoms with van der Waals surface area (Å²) in [6.07, 6.45) is 3.54. The summed E-state index contributed by atoms with van der Waals surface area (Å²) < 4.78 is 21.6. The highest BCUT2D eigenvalue weighted by atomic mass is 16.8. The summed E-state index contributed by atoms with van der Waals surface area (Å²) in [5.41, 5.74) is 0.0754. The third kappa shape index (κ3) is 1.62. The number of hydrogen-bond donors (Lipinski definition) is 0. The van der Waals surface area contributed by atoms with Gasteiger partial charge in [0.15, 0.2) is 6.10 Å². The van der Waals surface area contributed by atoms with E-state index in [0.717, 1.165) is 11.4 Å². The molecule has 4 rings (SSSR count). The van der Waals surface area contributed by atoms with Gasteiger partial charge in [-0.2, -0.15) is 5.11 Å². The normalized spacial score (nSPS) is 40.3. The smallest absolute Gasteiger partial charge is 0.228 e. The van der Waals surface area contributed by atoms with Gasteiger partial charge in [0, 0.05) is 7.11 Å². The lowest BCUT2D eigenvalue weighted by molar-refractivity contribution is 0.0294. The van der Waals surface area contributed by atoms with Gasteiger partial charge in [-0.25, -0.2) is 0 Å². The highest BCUT2D eigenvalue weighted by molar-refractivity contribution is 5.41. The number of epoxide rings is 2. The average molecular weight is 274 g/mol. The number of benzene rings is 1. The lowest BCUT2D eigenvalue weighted by atomic mass is 10.0. The molecule has 2 fully saturated rings. The van der Waals surface area contributed by atoms with Crippen LogP contribution in [0.3, 0.4) is 0 Å². The quantitative estimate of drug-likeness (QED) is 0.479. The van der Waals surface area contributed by atoms with Crippen LogP contribution < -0.4 is 4.74 Å². The van der Waals surface area contributed by atoms with Crippen molar-refractivity contribution in [3.63, 3.8) is 0 Å². The van der Waals surface area contributed by atoms with Crippen LogP contribution in [0.1, 0.15) is 0 Å². The number of ether oxygens (including phenoxy) is 4. The summed E-state index contributed by atoms with van der Waals surface area (Å²) in [7, 11) is 3.25. The van der Waals surface area contributed by atoms with Crippen molar-refractivity contribution in [3.05, 3.63) is 36.4 Å². The zero-order valence-corrected chi connectivity index (χ0v) is 11.1. The molecule has 6 nitrogen and oxygen atoms in total. The molecule has 0 aromatic heterocycles. The predicted molar refractivity (Wildman–Crippen MR) is 68.9 cm³/mol. The molecule has 1 aromatic carbocycles. The fraction of sp³-hybridized carbons (Fsp3) is 0.429. The molecule has 2 heterocycles. The first-order valence-corrected chi connectivity index (χ1v) is 6.39. The van der Waals surface area contributed by atoms with Gasteiger partial charge in [-0.15, -0.1) is 5.11 Å². The zero-order valence-electron chi connectivity index (χ0n) is 11.1. The van der Waals surface area contributed by atoms with Crippen molar-refractivity contribution in [2.45, 2.75) is 23.7 Å². The Morgan fingerprint density at radius 3 is 2.55 bits per heavy atom. The van der Waals surface area contributed by atoms with Crippen LogP contribution in [0.25, 0.3) is 0 Å². The van der Waals surface area contributed by atoms with E-state index in [1.54, 1.807) is 14.2 Å². The summed E-state index contributed by atoms with van der Waals surface area (Å²) in [6.45, 7) is 0. The van der Waals surface area contributed by atoms with Gasteiger partial charge in [0.25, 0.3) is 0 Å². The Labute approximate surface area is 116 Å². The number of rotatable bonds is 4. The van der Waals surface area contributed by atoms with Crippen LogP contribution in [-0.4, -0.2) is 37.9 Å². The molecular weight excluding hydrogens is 260 g/mol. The zero-order chi connectivity index (χ0) is 13.8. The molecule has 0 saturated carbocycles. The SMILES string of the molecule is COc1ccc(N=NC23C=CC4(OC)OC4C2O3)cc1. The predicted octanol–water partition coefficient (Wildman–Crippen LogP) is 2.19. The van der Waals surface area contributed by atoms with E-state index in [1.165, 1.54) is 0 Å². The molecular formula is C14H14N2O4. The Bertz CT molecular complexity index is 600. The van der Waals surface area contributed by atoms with E-state index in [1.807, 2.05) is 36.4 Å².